The summed E-state index contributed by atoms with van der Waals surface area (Å²) in [6.45, 7) is 1.85. The van der Waals surface area contributed by atoms with E-state index in [9.17, 15) is 9.59 Å². The third-order valence-corrected chi connectivity index (χ3v) is 2.75. The zero-order valence-electron chi connectivity index (χ0n) is 10.6. The third-order valence-electron chi connectivity index (χ3n) is 2.75. The molecule has 0 aromatic heterocycles. The maximum Gasteiger partial charge on any atom is 0.339 e. The first-order valence-electron chi connectivity index (χ1n) is 5.48. The van der Waals surface area contributed by atoms with Gasteiger partial charge in [0.2, 0.25) is 0 Å². The van der Waals surface area contributed by atoms with E-state index in [2.05, 4.69) is 0 Å². The highest BCUT2D eigenvalue weighted by Gasteiger charge is 2.19. The molecule has 0 fully saturated rings. The van der Waals surface area contributed by atoms with E-state index in [1.54, 1.807) is 6.07 Å². The van der Waals surface area contributed by atoms with E-state index in [-0.39, 0.29) is 17.2 Å². The van der Waals surface area contributed by atoms with Crippen LogP contribution in [0.15, 0.2) is 12.1 Å². The third kappa shape index (κ3) is 2.80. The average Bonchev–Trinajstić information content (AvgIpc) is 2.37. The molecule has 98 valence electrons. The molecule has 0 aliphatic carbocycles. The molecule has 0 amide bonds. The number of benzene rings is 1. The van der Waals surface area contributed by atoms with Crippen molar-refractivity contribution in [1.82, 2.24) is 0 Å². The van der Waals surface area contributed by atoms with Gasteiger partial charge >= 0.3 is 5.97 Å². The molecule has 0 saturated carbocycles. The summed E-state index contributed by atoms with van der Waals surface area (Å²) in [5.74, 6) is -0.622. The summed E-state index contributed by atoms with van der Waals surface area (Å²) < 4.78 is 10.2. The number of ether oxygens (including phenoxy) is 2. The van der Waals surface area contributed by atoms with Gasteiger partial charge < -0.3 is 19.4 Å². The van der Waals surface area contributed by atoms with Gasteiger partial charge in [0.05, 0.1) is 14.2 Å². The fourth-order valence-corrected chi connectivity index (χ4v) is 1.71. The van der Waals surface area contributed by atoms with Gasteiger partial charge in [-0.25, -0.2) is 4.79 Å². The minimum Gasteiger partial charge on any atom is -0.493 e. The Balaban J connectivity index is 3.35. The molecular weight excluding hydrogens is 236 g/mol. The Hall–Kier alpha value is -2.04. The predicted molar refractivity (Wildman–Crippen MR) is 65.6 cm³/mol. The fraction of sp³-hybridized carbons (Fsp3) is 0.385. The van der Waals surface area contributed by atoms with Crippen LogP contribution in [0.5, 0.6) is 11.5 Å². The highest BCUT2D eigenvalue weighted by molar-refractivity contribution is 5.92. The molecule has 1 aromatic carbocycles. The summed E-state index contributed by atoms with van der Waals surface area (Å²) in [6, 6.07) is 3.21. The number of carboxylic acids is 1. The van der Waals surface area contributed by atoms with Gasteiger partial charge in [-0.05, 0) is 23.6 Å². The Morgan fingerprint density at radius 3 is 2.50 bits per heavy atom. The lowest BCUT2D eigenvalue weighted by Crippen LogP contribution is -2.05. The normalized spacial score (nSPS) is 11.7. The van der Waals surface area contributed by atoms with Crippen molar-refractivity contribution < 1.29 is 24.2 Å². The van der Waals surface area contributed by atoms with Crippen molar-refractivity contribution >= 4 is 12.3 Å². The minimum atomic E-state index is -1.09. The molecule has 0 saturated heterocycles. The van der Waals surface area contributed by atoms with Gasteiger partial charge in [-0.3, -0.25) is 0 Å². The Kier molecular flexibility index (Phi) is 4.71. The van der Waals surface area contributed by atoms with Crippen LogP contribution in [0.2, 0.25) is 0 Å². The number of hydrogen-bond donors (Lipinski definition) is 1. The van der Waals surface area contributed by atoms with Crippen molar-refractivity contribution in [2.24, 2.45) is 0 Å². The number of aromatic carboxylic acids is 1. The molecule has 1 N–H and O–H groups in total. The molecule has 18 heavy (non-hydrogen) atoms. The molecule has 0 bridgehead atoms. The summed E-state index contributed by atoms with van der Waals surface area (Å²) in [5, 5.41) is 9.15. The molecule has 5 heteroatoms. The lowest BCUT2D eigenvalue weighted by molar-refractivity contribution is -0.108. The zero-order valence-corrected chi connectivity index (χ0v) is 10.6. The molecule has 0 heterocycles. The summed E-state index contributed by atoms with van der Waals surface area (Å²) in [4.78, 5) is 21.7. The molecule has 0 aliphatic rings. The van der Waals surface area contributed by atoms with Gasteiger partial charge in [0.25, 0.3) is 0 Å². The summed E-state index contributed by atoms with van der Waals surface area (Å²) in [7, 11) is 2.83. The first-order valence-corrected chi connectivity index (χ1v) is 5.48. The van der Waals surface area contributed by atoms with Gasteiger partial charge in [0, 0.05) is 6.42 Å². The first-order chi connectivity index (χ1) is 8.54. The van der Waals surface area contributed by atoms with E-state index in [1.807, 2.05) is 6.92 Å². The maximum absolute atomic E-state index is 11.2. The van der Waals surface area contributed by atoms with Crippen LogP contribution in [0.1, 0.15) is 35.2 Å². The highest BCUT2D eigenvalue weighted by atomic mass is 16.5. The van der Waals surface area contributed by atoms with Crippen molar-refractivity contribution in [2.75, 3.05) is 14.2 Å². The second-order valence-corrected chi connectivity index (χ2v) is 3.91. The van der Waals surface area contributed by atoms with Gasteiger partial charge in [-0.15, -0.1) is 0 Å². The van der Waals surface area contributed by atoms with Crippen molar-refractivity contribution in [3.05, 3.63) is 23.3 Å². The van der Waals surface area contributed by atoms with Crippen molar-refractivity contribution in [3.63, 3.8) is 0 Å². The number of carbonyl (C=O) groups is 2. The van der Waals surface area contributed by atoms with E-state index in [0.717, 1.165) is 11.8 Å². The van der Waals surface area contributed by atoms with E-state index < -0.39 is 5.97 Å². The smallest absolute Gasteiger partial charge is 0.339 e. The topological polar surface area (TPSA) is 72.8 Å². The van der Waals surface area contributed by atoms with Crippen LogP contribution in [0, 0.1) is 0 Å². The molecule has 1 rings (SSSR count). The summed E-state index contributed by atoms with van der Waals surface area (Å²) in [6.07, 6.45) is 1.14. The lowest BCUT2D eigenvalue weighted by Gasteiger charge is -2.15. The van der Waals surface area contributed by atoms with Crippen LogP contribution in [0.25, 0.3) is 0 Å². The Morgan fingerprint density at radius 2 is 2.06 bits per heavy atom. The number of methoxy groups -OCH3 is 2. The lowest BCUT2D eigenvalue weighted by atomic mass is 9.95. The molecule has 0 radical (unpaired) electrons. The van der Waals surface area contributed by atoms with Crippen LogP contribution in [0.4, 0.5) is 0 Å². The fourth-order valence-electron chi connectivity index (χ4n) is 1.71. The molecule has 0 spiro atoms. The SMILES string of the molecule is COc1cc(C(C)CC=O)cc(C(=O)O)c1OC. The molecule has 0 aliphatic heterocycles. The quantitative estimate of drug-likeness (QED) is 0.785. The van der Waals surface area contributed by atoms with Gasteiger partial charge in [0.15, 0.2) is 11.5 Å². The molecule has 1 aromatic rings. The first kappa shape index (κ1) is 14.0. The van der Waals surface area contributed by atoms with Crippen molar-refractivity contribution in [1.29, 1.82) is 0 Å². The van der Waals surface area contributed by atoms with E-state index in [4.69, 9.17) is 14.6 Å². The van der Waals surface area contributed by atoms with Gasteiger partial charge in [-0.1, -0.05) is 6.92 Å². The van der Waals surface area contributed by atoms with Gasteiger partial charge in [0.1, 0.15) is 11.8 Å². The average molecular weight is 252 g/mol. The summed E-state index contributed by atoms with van der Waals surface area (Å²) >= 11 is 0. The molecule has 1 atom stereocenters. The highest BCUT2D eigenvalue weighted by Crippen LogP contribution is 2.35. The largest absolute Gasteiger partial charge is 0.493 e. The standard InChI is InChI=1S/C13H16O5/c1-8(4-5-14)9-6-10(13(15)16)12(18-3)11(7-9)17-2/h5-8H,4H2,1-3H3,(H,15,16). The Labute approximate surface area is 105 Å². The molecular formula is C13H16O5. The number of carbonyl (C=O) groups excluding carboxylic acids is 1. The van der Waals surface area contributed by atoms with E-state index in [1.165, 1.54) is 20.3 Å². The number of rotatable bonds is 6. The van der Waals surface area contributed by atoms with Crippen molar-refractivity contribution in [3.8, 4) is 11.5 Å². The minimum absolute atomic E-state index is 0.0320. The van der Waals surface area contributed by atoms with Crippen LogP contribution in [0.3, 0.4) is 0 Å². The van der Waals surface area contributed by atoms with E-state index in [0.29, 0.717) is 12.2 Å². The Bertz CT molecular complexity index is 453. The number of hydrogen-bond acceptors (Lipinski definition) is 4. The van der Waals surface area contributed by atoms with Crippen molar-refractivity contribution in [2.45, 2.75) is 19.3 Å². The maximum atomic E-state index is 11.2. The predicted octanol–water partition coefficient (Wildman–Crippen LogP) is 2.09. The van der Waals surface area contributed by atoms with Gasteiger partial charge in [-0.2, -0.15) is 0 Å². The zero-order chi connectivity index (χ0) is 13.7. The van der Waals surface area contributed by atoms with Crippen LogP contribution >= 0.6 is 0 Å². The van der Waals surface area contributed by atoms with E-state index >= 15 is 0 Å². The number of aldehydes is 1. The Morgan fingerprint density at radius 1 is 1.39 bits per heavy atom. The number of carboxylic acid groups (broad SMARTS) is 1. The molecule has 5 nitrogen and oxygen atoms in total. The van der Waals surface area contributed by atoms with Crippen LogP contribution in [-0.4, -0.2) is 31.6 Å². The van der Waals surface area contributed by atoms with Crippen LogP contribution in [-0.2, 0) is 4.79 Å². The monoisotopic (exact) mass is 252 g/mol. The second kappa shape index (κ2) is 6.05. The summed E-state index contributed by atoms with van der Waals surface area (Å²) in [5.41, 5.74) is 0.766. The van der Waals surface area contributed by atoms with Crippen LogP contribution < -0.4 is 9.47 Å². The second-order valence-electron chi connectivity index (χ2n) is 3.91. The molecule has 1 unspecified atom stereocenters.